The number of pyridine rings is 1. The van der Waals surface area contributed by atoms with E-state index in [4.69, 9.17) is 21.9 Å². The average Bonchev–Trinajstić information content (AvgIpc) is 3.39. The van der Waals surface area contributed by atoms with E-state index in [9.17, 15) is 0 Å². The fraction of sp³-hybridized carbons (Fsp3) is 0.267. The highest BCUT2D eigenvalue weighted by atomic mass is 32.1. The molecule has 5 rings (SSSR count). The fourth-order valence-corrected chi connectivity index (χ4v) is 5.53. The summed E-state index contributed by atoms with van der Waals surface area (Å²) in [7, 11) is 5.81. The first-order valence-corrected chi connectivity index (χ1v) is 12.9. The van der Waals surface area contributed by atoms with E-state index < -0.39 is 0 Å². The van der Waals surface area contributed by atoms with Gasteiger partial charge in [-0.2, -0.15) is 0 Å². The average molecular weight is 512 g/mol. The number of anilines is 1. The number of hydrogen-bond donors (Lipinski definition) is 1. The third kappa shape index (κ3) is 4.79. The summed E-state index contributed by atoms with van der Waals surface area (Å²) in [5.41, 5.74) is 8.11. The second-order valence-corrected chi connectivity index (χ2v) is 10.1. The summed E-state index contributed by atoms with van der Waals surface area (Å²) in [6, 6.07) is 25.2. The first-order valence-electron chi connectivity index (χ1n) is 12.4. The molecule has 0 aliphatic carbocycles. The zero-order valence-electron chi connectivity index (χ0n) is 22.0. The Hall–Kier alpha value is -3.84. The van der Waals surface area contributed by atoms with Gasteiger partial charge in [0.2, 0.25) is 0 Å². The Bertz CT molecular complexity index is 1380. The lowest BCUT2D eigenvalue weighted by Gasteiger charge is -2.28. The summed E-state index contributed by atoms with van der Waals surface area (Å²) < 4.78 is 7.68. The van der Waals surface area contributed by atoms with Gasteiger partial charge in [0.05, 0.1) is 24.9 Å². The molecular formula is C30H33N5OS. The Kier molecular flexibility index (Phi) is 6.89. The minimum atomic E-state index is -0.0583. The van der Waals surface area contributed by atoms with E-state index in [0.29, 0.717) is 6.54 Å². The van der Waals surface area contributed by atoms with E-state index in [-0.39, 0.29) is 12.1 Å². The van der Waals surface area contributed by atoms with Crippen LogP contribution in [0, 0.1) is 13.8 Å². The Morgan fingerprint density at radius 3 is 2.35 bits per heavy atom. The predicted octanol–water partition coefficient (Wildman–Crippen LogP) is 5.74. The number of methoxy groups -OCH3 is 1. The first kappa shape index (κ1) is 24.8. The van der Waals surface area contributed by atoms with Gasteiger partial charge in [-0.25, -0.2) is 0 Å². The third-order valence-corrected chi connectivity index (χ3v) is 7.48. The van der Waals surface area contributed by atoms with Gasteiger partial charge >= 0.3 is 0 Å². The molecule has 2 aromatic carbocycles. The van der Waals surface area contributed by atoms with Crippen molar-refractivity contribution in [2.24, 2.45) is 0 Å². The number of benzene rings is 2. The topological polar surface area (TPSA) is 45.6 Å². The van der Waals surface area contributed by atoms with Crippen LogP contribution in [0.2, 0.25) is 0 Å². The Labute approximate surface area is 224 Å². The van der Waals surface area contributed by atoms with Crippen molar-refractivity contribution in [3.63, 3.8) is 0 Å². The zero-order valence-corrected chi connectivity index (χ0v) is 22.8. The van der Waals surface area contributed by atoms with Crippen molar-refractivity contribution in [1.82, 2.24) is 19.8 Å². The van der Waals surface area contributed by atoms with Crippen LogP contribution in [0.5, 0.6) is 5.75 Å². The van der Waals surface area contributed by atoms with Crippen LogP contribution >= 0.6 is 12.2 Å². The zero-order chi connectivity index (χ0) is 26.1. The van der Waals surface area contributed by atoms with Gasteiger partial charge in [-0.1, -0.05) is 18.2 Å². The number of aryl methyl sites for hydroxylation is 1. The molecule has 4 aromatic rings. The van der Waals surface area contributed by atoms with E-state index in [2.05, 4.69) is 96.2 Å². The van der Waals surface area contributed by atoms with Crippen LogP contribution in [-0.2, 0) is 6.54 Å². The molecule has 2 atom stereocenters. The largest absolute Gasteiger partial charge is 0.497 e. The third-order valence-electron chi connectivity index (χ3n) is 7.12. The Balaban J connectivity index is 1.57. The molecule has 1 N–H and O–H groups in total. The molecule has 0 saturated carbocycles. The second-order valence-electron chi connectivity index (χ2n) is 9.68. The fourth-order valence-electron chi connectivity index (χ4n) is 5.23. The van der Waals surface area contributed by atoms with Gasteiger partial charge in [0.25, 0.3) is 0 Å². The summed E-state index contributed by atoms with van der Waals surface area (Å²) in [4.78, 5) is 9.11. The Morgan fingerprint density at radius 1 is 1.00 bits per heavy atom. The van der Waals surface area contributed by atoms with Crippen molar-refractivity contribution in [2.75, 3.05) is 26.1 Å². The maximum Gasteiger partial charge on any atom is 0.170 e. The summed E-state index contributed by atoms with van der Waals surface area (Å²) in [6.45, 7) is 5.05. The van der Waals surface area contributed by atoms with Gasteiger partial charge in [-0.05, 0) is 91.8 Å². The van der Waals surface area contributed by atoms with Gasteiger partial charge in [0.1, 0.15) is 5.75 Å². The molecule has 0 bridgehead atoms. The molecule has 0 radical (unpaired) electrons. The molecule has 1 fully saturated rings. The van der Waals surface area contributed by atoms with Crippen molar-refractivity contribution in [3.05, 3.63) is 107 Å². The number of thiocarbonyl (C=S) groups is 1. The van der Waals surface area contributed by atoms with Gasteiger partial charge in [0, 0.05) is 49.6 Å². The second kappa shape index (κ2) is 10.3. The van der Waals surface area contributed by atoms with E-state index in [0.717, 1.165) is 22.2 Å². The molecule has 0 spiro atoms. The molecule has 1 aliphatic heterocycles. The number of hydrogen-bond acceptors (Lipinski definition) is 4. The summed E-state index contributed by atoms with van der Waals surface area (Å²) in [5, 5.41) is 4.32. The van der Waals surface area contributed by atoms with Gasteiger partial charge in [-0.3, -0.25) is 4.98 Å². The van der Waals surface area contributed by atoms with Gasteiger partial charge in [0.15, 0.2) is 5.11 Å². The highest BCUT2D eigenvalue weighted by Crippen LogP contribution is 2.42. The van der Waals surface area contributed by atoms with Crippen molar-refractivity contribution < 1.29 is 4.74 Å². The van der Waals surface area contributed by atoms with Crippen LogP contribution in [0.1, 0.15) is 40.3 Å². The molecule has 0 unspecified atom stereocenters. The van der Waals surface area contributed by atoms with Crippen LogP contribution in [0.3, 0.4) is 0 Å². The predicted molar refractivity (Wildman–Crippen MR) is 154 cm³/mol. The molecule has 190 valence electrons. The lowest BCUT2D eigenvalue weighted by Crippen LogP contribution is -2.29. The maximum atomic E-state index is 5.91. The van der Waals surface area contributed by atoms with E-state index in [1.54, 1.807) is 7.11 Å². The molecule has 0 amide bonds. The monoisotopic (exact) mass is 511 g/mol. The van der Waals surface area contributed by atoms with Gasteiger partial charge in [-0.15, -0.1) is 0 Å². The number of nitrogens with one attached hydrogen (secondary N) is 1. The molecular weight excluding hydrogens is 478 g/mol. The van der Waals surface area contributed by atoms with Crippen LogP contribution < -0.4 is 15.0 Å². The van der Waals surface area contributed by atoms with Crippen LogP contribution in [0.25, 0.3) is 5.69 Å². The van der Waals surface area contributed by atoms with Crippen molar-refractivity contribution >= 4 is 23.0 Å². The van der Waals surface area contributed by atoms with Crippen molar-refractivity contribution in [1.29, 1.82) is 0 Å². The summed E-state index contributed by atoms with van der Waals surface area (Å²) in [6.07, 6.45) is 1.85. The van der Waals surface area contributed by atoms with Crippen LogP contribution in [-0.4, -0.2) is 40.8 Å². The number of nitrogens with zero attached hydrogens (tertiary/aromatic N) is 4. The molecule has 37 heavy (non-hydrogen) atoms. The normalized spacial score (nSPS) is 17.1. The standard InChI is InChI=1S/C30H33N5OS/c1-20-18-26(21(2)35(20)24-13-11-23(12-14-24)33(3)4)29-28(27-8-6-7-17-31-27)32-30(37)34(29)19-22-9-15-25(36-5)16-10-22/h6-18,28-29H,19H2,1-5H3,(H,32,37)/t28-,29-/m1/s1. The highest BCUT2D eigenvalue weighted by Gasteiger charge is 2.41. The van der Waals surface area contributed by atoms with Crippen molar-refractivity contribution in [3.8, 4) is 11.4 Å². The number of aromatic nitrogens is 2. The van der Waals surface area contributed by atoms with Crippen LogP contribution in [0.4, 0.5) is 5.69 Å². The lowest BCUT2D eigenvalue weighted by atomic mass is 9.96. The molecule has 3 heterocycles. The van der Waals surface area contributed by atoms with E-state index in [1.807, 2.05) is 30.5 Å². The summed E-state index contributed by atoms with van der Waals surface area (Å²) >= 11 is 5.91. The molecule has 6 nitrogen and oxygen atoms in total. The smallest absolute Gasteiger partial charge is 0.170 e. The van der Waals surface area contributed by atoms with Gasteiger partial charge < -0.3 is 24.4 Å². The SMILES string of the molecule is COc1ccc(CN2C(=S)N[C@H](c3ccccn3)[C@H]2c2cc(C)n(-c3ccc(N(C)C)cc3)c2C)cc1. The van der Waals surface area contributed by atoms with Crippen molar-refractivity contribution in [2.45, 2.75) is 32.5 Å². The van der Waals surface area contributed by atoms with E-state index >= 15 is 0 Å². The summed E-state index contributed by atoms with van der Waals surface area (Å²) in [5.74, 6) is 0.845. The number of ether oxygens (including phenoxy) is 1. The highest BCUT2D eigenvalue weighted by molar-refractivity contribution is 7.80. The van der Waals surface area contributed by atoms with E-state index in [1.165, 1.54) is 28.2 Å². The molecule has 2 aromatic heterocycles. The molecule has 1 aliphatic rings. The molecule has 7 heteroatoms. The van der Waals surface area contributed by atoms with Crippen LogP contribution in [0.15, 0.2) is 79.0 Å². The minimum absolute atomic E-state index is 0.00880. The first-order chi connectivity index (χ1) is 17.9. The number of rotatable bonds is 7. The molecule has 1 saturated heterocycles. The maximum absolute atomic E-state index is 5.91. The Morgan fingerprint density at radius 2 is 1.73 bits per heavy atom. The minimum Gasteiger partial charge on any atom is -0.497 e. The lowest BCUT2D eigenvalue weighted by molar-refractivity contribution is 0.310. The quantitative estimate of drug-likeness (QED) is 0.320.